The number of aromatic hydroxyl groups is 1. The van der Waals surface area contributed by atoms with Crippen molar-refractivity contribution in [1.29, 1.82) is 0 Å². The highest BCUT2D eigenvalue weighted by Crippen LogP contribution is 2.40. The van der Waals surface area contributed by atoms with Crippen LogP contribution in [0.3, 0.4) is 0 Å². The van der Waals surface area contributed by atoms with Gasteiger partial charge in [-0.2, -0.15) is 0 Å². The number of aromatic nitrogens is 1. The molecule has 46 heavy (non-hydrogen) atoms. The van der Waals surface area contributed by atoms with Crippen LogP contribution in [-0.2, 0) is 21.7 Å². The van der Waals surface area contributed by atoms with Crippen LogP contribution in [-0.4, -0.2) is 16.3 Å². The van der Waals surface area contributed by atoms with Gasteiger partial charge in [0.2, 0.25) is 5.89 Å². The summed E-state index contributed by atoms with van der Waals surface area (Å²) in [5, 5.41) is 11.3. The first-order valence-corrected chi connectivity index (χ1v) is 16.3. The van der Waals surface area contributed by atoms with Crippen LogP contribution in [0.25, 0.3) is 33.7 Å². The van der Waals surface area contributed by atoms with Gasteiger partial charge in [0.1, 0.15) is 11.3 Å². The molecule has 0 fully saturated rings. The number of hydrogen-bond donors (Lipinski definition) is 1. The SMILES string of the molecule is CC(C)(C)c1cc(-c2cccc3oc(-c4ccccc4N=Cc4cc(C(C)(C)C)cc(C(C)(C)C)c4O)nc23)cc(C(C)(C)C)c1. The molecular weight excluding hydrogens is 564 g/mol. The first-order valence-electron chi connectivity index (χ1n) is 16.3. The first kappa shape index (κ1) is 33.2. The molecule has 0 bridgehead atoms. The number of aliphatic imine (C=N–C) groups is 1. The van der Waals surface area contributed by atoms with E-state index < -0.39 is 0 Å². The van der Waals surface area contributed by atoms with Crippen molar-refractivity contribution in [3.8, 4) is 28.3 Å². The van der Waals surface area contributed by atoms with E-state index in [0.717, 1.165) is 44.6 Å². The Hall–Kier alpha value is -4.18. The van der Waals surface area contributed by atoms with Crippen LogP contribution in [0, 0.1) is 0 Å². The molecule has 0 atom stereocenters. The van der Waals surface area contributed by atoms with E-state index >= 15 is 0 Å². The van der Waals surface area contributed by atoms with Crippen LogP contribution in [0.15, 0.2) is 82.2 Å². The minimum absolute atomic E-state index is 0.00428. The number of phenolic OH excluding ortho intramolecular Hbond substituents is 1. The van der Waals surface area contributed by atoms with Gasteiger partial charge in [-0.3, -0.25) is 4.99 Å². The maximum Gasteiger partial charge on any atom is 0.229 e. The lowest BCUT2D eigenvalue weighted by Gasteiger charge is -2.27. The summed E-state index contributed by atoms with van der Waals surface area (Å²) in [7, 11) is 0. The lowest BCUT2D eigenvalue weighted by atomic mass is 9.79. The Morgan fingerprint density at radius 1 is 0.630 bits per heavy atom. The van der Waals surface area contributed by atoms with Crippen LogP contribution < -0.4 is 0 Å². The summed E-state index contributed by atoms with van der Waals surface area (Å²) >= 11 is 0. The fourth-order valence-corrected chi connectivity index (χ4v) is 5.61. The Kier molecular flexibility index (Phi) is 8.34. The fourth-order valence-electron chi connectivity index (χ4n) is 5.61. The molecular formula is C42H50N2O2. The van der Waals surface area contributed by atoms with E-state index in [0.29, 0.717) is 11.5 Å². The number of oxazole rings is 1. The third kappa shape index (κ3) is 6.82. The molecule has 1 N–H and O–H groups in total. The highest BCUT2D eigenvalue weighted by atomic mass is 16.3. The van der Waals surface area contributed by atoms with E-state index in [4.69, 9.17) is 14.4 Å². The van der Waals surface area contributed by atoms with Crippen LogP contribution in [0.5, 0.6) is 5.75 Å². The van der Waals surface area contributed by atoms with Crippen molar-refractivity contribution >= 4 is 23.0 Å². The van der Waals surface area contributed by atoms with Crippen molar-refractivity contribution < 1.29 is 9.52 Å². The minimum atomic E-state index is -0.220. The summed E-state index contributed by atoms with van der Waals surface area (Å²) in [6, 6.07) is 25.1. The molecule has 240 valence electrons. The van der Waals surface area contributed by atoms with Gasteiger partial charge in [-0.25, -0.2) is 4.98 Å². The van der Waals surface area contributed by atoms with Crippen molar-refractivity contribution in [3.63, 3.8) is 0 Å². The zero-order chi connectivity index (χ0) is 33.8. The second kappa shape index (κ2) is 11.6. The van der Waals surface area contributed by atoms with E-state index in [9.17, 15) is 5.11 Å². The highest BCUT2D eigenvalue weighted by Gasteiger charge is 2.25. The molecule has 0 saturated heterocycles. The van der Waals surface area contributed by atoms with Gasteiger partial charge >= 0.3 is 0 Å². The molecule has 1 aromatic heterocycles. The van der Waals surface area contributed by atoms with E-state index in [-0.39, 0.29) is 27.4 Å². The van der Waals surface area contributed by atoms with Gasteiger partial charge in [0.05, 0.1) is 11.3 Å². The van der Waals surface area contributed by atoms with E-state index in [2.05, 4.69) is 113 Å². The number of rotatable bonds is 4. The molecule has 4 heteroatoms. The fraction of sp³-hybridized carbons (Fsp3) is 0.381. The number of para-hydroxylation sites is 2. The second-order valence-corrected chi connectivity index (χ2v) is 16.7. The van der Waals surface area contributed by atoms with E-state index in [1.54, 1.807) is 6.21 Å². The number of nitrogens with zero attached hydrogens (tertiary/aromatic N) is 2. The Balaban J connectivity index is 1.62. The summed E-state index contributed by atoms with van der Waals surface area (Å²) in [6.07, 6.45) is 1.76. The van der Waals surface area contributed by atoms with Gasteiger partial charge in [0, 0.05) is 22.9 Å². The number of benzene rings is 4. The van der Waals surface area contributed by atoms with Crippen molar-refractivity contribution in [2.24, 2.45) is 4.99 Å². The minimum Gasteiger partial charge on any atom is -0.507 e. The monoisotopic (exact) mass is 614 g/mol. The highest BCUT2D eigenvalue weighted by molar-refractivity contribution is 5.94. The summed E-state index contributed by atoms with van der Waals surface area (Å²) in [5.41, 5.74) is 10.3. The maximum atomic E-state index is 11.3. The van der Waals surface area contributed by atoms with Crippen LogP contribution in [0.2, 0.25) is 0 Å². The van der Waals surface area contributed by atoms with Gasteiger partial charge in [0.15, 0.2) is 5.58 Å². The van der Waals surface area contributed by atoms with Gasteiger partial charge in [0.25, 0.3) is 0 Å². The zero-order valence-corrected chi connectivity index (χ0v) is 29.8. The van der Waals surface area contributed by atoms with E-state index in [1.807, 2.05) is 42.5 Å². The van der Waals surface area contributed by atoms with E-state index in [1.165, 1.54) is 11.1 Å². The predicted octanol–water partition coefficient (Wildman–Crippen LogP) is 11.8. The first-order chi connectivity index (χ1) is 21.2. The number of hydrogen-bond acceptors (Lipinski definition) is 4. The molecule has 0 saturated carbocycles. The lowest BCUT2D eigenvalue weighted by Crippen LogP contribution is -2.17. The molecule has 0 aliphatic rings. The zero-order valence-electron chi connectivity index (χ0n) is 29.8. The molecule has 5 rings (SSSR count). The summed E-state index contributed by atoms with van der Waals surface area (Å²) < 4.78 is 6.42. The summed E-state index contributed by atoms with van der Waals surface area (Å²) in [6.45, 7) is 26.5. The Morgan fingerprint density at radius 3 is 1.78 bits per heavy atom. The second-order valence-electron chi connectivity index (χ2n) is 16.7. The van der Waals surface area contributed by atoms with Gasteiger partial charge in [-0.05, 0) is 68.2 Å². The molecule has 5 aromatic rings. The van der Waals surface area contributed by atoms with Crippen LogP contribution >= 0.6 is 0 Å². The average Bonchev–Trinajstić information content (AvgIpc) is 3.39. The molecule has 0 aliphatic heterocycles. The molecule has 0 spiro atoms. The predicted molar refractivity (Wildman–Crippen MR) is 195 cm³/mol. The average molecular weight is 615 g/mol. The Morgan fingerprint density at radius 2 is 1.20 bits per heavy atom. The smallest absolute Gasteiger partial charge is 0.229 e. The molecule has 4 nitrogen and oxygen atoms in total. The molecule has 1 heterocycles. The lowest BCUT2D eigenvalue weighted by molar-refractivity contribution is 0.444. The summed E-state index contributed by atoms with van der Waals surface area (Å²) in [4.78, 5) is 9.98. The normalized spacial score (nSPS) is 13.2. The van der Waals surface area contributed by atoms with Crippen molar-refractivity contribution in [3.05, 3.63) is 101 Å². The van der Waals surface area contributed by atoms with Crippen molar-refractivity contribution in [2.75, 3.05) is 0 Å². The standard InChI is InChI=1S/C42H50N2O2/c1-39(2,3)28-20-26(21-29(23-28)40(4,5)6)31-17-15-19-35-36(31)44-38(46-35)32-16-13-14-18-34(32)43-25-27-22-30(41(7,8)9)24-33(37(27)45)42(10,11)12/h13-25,45H,1-12H3. The molecule has 0 radical (unpaired) electrons. The van der Waals surface area contributed by atoms with Crippen molar-refractivity contribution in [2.45, 2.75) is 105 Å². The maximum absolute atomic E-state index is 11.3. The number of fused-ring (bicyclic) bond motifs is 1. The third-order valence-electron chi connectivity index (χ3n) is 8.69. The van der Waals surface area contributed by atoms with Gasteiger partial charge < -0.3 is 9.52 Å². The molecule has 0 aliphatic carbocycles. The quantitative estimate of drug-likeness (QED) is 0.205. The number of phenols is 1. The van der Waals surface area contributed by atoms with Crippen molar-refractivity contribution in [1.82, 2.24) is 4.98 Å². The van der Waals surface area contributed by atoms with Crippen LogP contribution in [0.1, 0.15) is 111 Å². The van der Waals surface area contributed by atoms with Crippen LogP contribution in [0.4, 0.5) is 5.69 Å². The summed E-state index contributed by atoms with van der Waals surface area (Å²) in [5.74, 6) is 0.779. The Labute approximate surface area is 275 Å². The Bertz CT molecular complexity index is 1900. The molecule has 4 aromatic carbocycles. The molecule has 0 amide bonds. The van der Waals surface area contributed by atoms with Gasteiger partial charge in [-0.15, -0.1) is 0 Å². The third-order valence-corrected chi connectivity index (χ3v) is 8.69. The topological polar surface area (TPSA) is 58.6 Å². The molecule has 0 unspecified atom stereocenters. The van der Waals surface area contributed by atoms with Gasteiger partial charge in [-0.1, -0.05) is 132 Å². The largest absolute Gasteiger partial charge is 0.507 e.